The molecular weight excluding hydrogens is 396 g/mol. The molecule has 0 radical (unpaired) electrons. The van der Waals surface area contributed by atoms with Crippen LogP contribution in [0.3, 0.4) is 0 Å². The van der Waals surface area contributed by atoms with Crippen LogP contribution in [-0.4, -0.2) is 16.6 Å². The monoisotopic (exact) mass is 424 g/mol. The second-order valence-corrected chi connectivity index (χ2v) is 8.19. The second kappa shape index (κ2) is 9.52. The van der Waals surface area contributed by atoms with Gasteiger partial charge in [-0.3, -0.25) is 9.97 Å². The summed E-state index contributed by atoms with van der Waals surface area (Å²) in [6.07, 6.45) is 6.73. The van der Waals surface area contributed by atoms with E-state index in [4.69, 9.17) is 14.7 Å². The first-order valence-corrected chi connectivity index (χ1v) is 10.8. The molecular formula is C25H28F2N3O+. The third-order valence-electron chi connectivity index (χ3n) is 6.22. The van der Waals surface area contributed by atoms with Crippen molar-refractivity contribution in [3.8, 4) is 5.75 Å². The number of aryl methyl sites for hydroxylation is 2. The Balaban J connectivity index is 1.77. The van der Waals surface area contributed by atoms with E-state index < -0.39 is 6.61 Å². The predicted octanol–water partition coefficient (Wildman–Crippen LogP) is 4.75. The minimum atomic E-state index is -2.85. The van der Waals surface area contributed by atoms with E-state index in [1.165, 1.54) is 4.90 Å². The van der Waals surface area contributed by atoms with Crippen molar-refractivity contribution in [3.63, 3.8) is 0 Å². The summed E-state index contributed by atoms with van der Waals surface area (Å²) in [6, 6.07) is 15.5. The number of ether oxygens (including phenoxy) is 1. The highest BCUT2D eigenvalue weighted by Gasteiger charge is 2.39. The van der Waals surface area contributed by atoms with Crippen LogP contribution in [0.4, 0.5) is 8.78 Å². The van der Waals surface area contributed by atoms with Gasteiger partial charge in [0.1, 0.15) is 35.8 Å². The number of quaternary nitrogens is 1. The summed E-state index contributed by atoms with van der Waals surface area (Å²) < 4.78 is 30.9. The van der Waals surface area contributed by atoms with Gasteiger partial charge >= 0.3 is 6.61 Å². The van der Waals surface area contributed by atoms with Crippen molar-refractivity contribution in [3.05, 3.63) is 89.0 Å². The van der Waals surface area contributed by atoms with Gasteiger partial charge in [-0.05, 0) is 55.7 Å². The summed E-state index contributed by atoms with van der Waals surface area (Å²) in [4.78, 5) is 10.7. The van der Waals surface area contributed by atoms with E-state index in [9.17, 15) is 8.78 Å². The lowest BCUT2D eigenvalue weighted by molar-refractivity contribution is -0.981. The Labute approximate surface area is 181 Å². The van der Waals surface area contributed by atoms with Crippen LogP contribution in [0, 0.1) is 13.8 Å². The molecule has 1 N–H and O–H groups in total. The van der Waals surface area contributed by atoms with Gasteiger partial charge < -0.3 is 9.64 Å². The van der Waals surface area contributed by atoms with Crippen molar-refractivity contribution in [2.24, 2.45) is 0 Å². The van der Waals surface area contributed by atoms with Crippen LogP contribution >= 0.6 is 0 Å². The number of likely N-dealkylation sites (tertiary alicyclic amines) is 1. The van der Waals surface area contributed by atoms with Gasteiger partial charge in [-0.2, -0.15) is 8.78 Å². The minimum absolute atomic E-state index is 0.154. The van der Waals surface area contributed by atoms with Gasteiger partial charge in [-0.25, -0.2) is 0 Å². The molecule has 0 aliphatic carbocycles. The first-order chi connectivity index (χ1) is 15.0. The molecule has 6 heteroatoms. The van der Waals surface area contributed by atoms with Gasteiger partial charge in [0.15, 0.2) is 0 Å². The fourth-order valence-electron chi connectivity index (χ4n) is 4.82. The molecule has 1 aliphatic rings. The Morgan fingerprint density at radius 3 is 2.03 bits per heavy atom. The molecule has 2 unspecified atom stereocenters. The number of hydrogen-bond donors (Lipinski definition) is 1. The zero-order valence-corrected chi connectivity index (χ0v) is 17.9. The maximum absolute atomic E-state index is 13.0. The zero-order chi connectivity index (χ0) is 21.8. The smallest absolute Gasteiger partial charge is 0.387 e. The van der Waals surface area contributed by atoms with E-state index in [2.05, 4.69) is 26.0 Å². The van der Waals surface area contributed by atoms with Crippen molar-refractivity contribution in [1.29, 1.82) is 0 Å². The van der Waals surface area contributed by atoms with E-state index in [-0.39, 0.29) is 17.8 Å². The molecule has 3 aromatic rings. The van der Waals surface area contributed by atoms with Crippen molar-refractivity contribution in [1.82, 2.24) is 9.97 Å². The molecule has 31 heavy (non-hydrogen) atoms. The normalized spacial score (nSPS) is 21.3. The van der Waals surface area contributed by atoms with E-state index in [1.807, 2.05) is 36.7 Å². The van der Waals surface area contributed by atoms with E-state index in [0.717, 1.165) is 47.3 Å². The molecule has 4 nitrogen and oxygen atoms in total. The van der Waals surface area contributed by atoms with Crippen LogP contribution in [0.25, 0.3) is 0 Å². The molecule has 1 fully saturated rings. The van der Waals surface area contributed by atoms with E-state index in [0.29, 0.717) is 6.54 Å². The van der Waals surface area contributed by atoms with Crippen LogP contribution in [0.15, 0.2) is 60.9 Å². The number of nitrogens with zero attached hydrogens (tertiary/aromatic N) is 2. The Bertz CT molecular complexity index is 973. The van der Waals surface area contributed by atoms with Gasteiger partial charge in [0, 0.05) is 30.8 Å². The number of hydrogen-bond acceptors (Lipinski definition) is 3. The summed E-state index contributed by atoms with van der Waals surface area (Å²) in [6.45, 7) is 1.89. The van der Waals surface area contributed by atoms with Crippen LogP contribution in [-0.2, 0) is 6.54 Å². The second-order valence-electron chi connectivity index (χ2n) is 8.19. The van der Waals surface area contributed by atoms with Crippen LogP contribution in [0.1, 0.15) is 59.4 Å². The number of piperidine rings is 1. The molecule has 2 atom stereocenters. The van der Waals surface area contributed by atoms with Crippen molar-refractivity contribution < 1.29 is 18.4 Å². The van der Waals surface area contributed by atoms with Crippen molar-refractivity contribution in [2.45, 2.75) is 58.3 Å². The number of rotatable bonds is 6. The summed E-state index contributed by atoms with van der Waals surface area (Å²) in [7, 11) is 0. The number of nitrogens with one attached hydrogen (secondary N) is 1. The number of alkyl halides is 2. The van der Waals surface area contributed by atoms with Crippen molar-refractivity contribution >= 4 is 0 Å². The molecule has 2 aromatic heterocycles. The fraction of sp³-hybridized carbons (Fsp3) is 0.360. The number of pyridine rings is 2. The SMILES string of the molecule is Cc1cccnc1C1CCCC(c2ncccc2C)[NH+]1Cc1ccccc1OC(F)F. The summed E-state index contributed by atoms with van der Waals surface area (Å²) in [5.41, 5.74) is 5.23. The number of halogens is 2. The molecule has 0 spiro atoms. The summed E-state index contributed by atoms with van der Waals surface area (Å²) in [5, 5.41) is 0. The molecule has 3 heterocycles. The first kappa shape index (κ1) is 21.4. The standard InChI is InChI=1S/C25H27F2N3O/c1-17-8-6-14-28-23(17)20-11-5-12-21(24-18(2)9-7-15-29-24)30(20)16-19-10-3-4-13-22(19)31-25(26)27/h3-4,6-10,13-15,20-21,25H,5,11-12,16H2,1-2H3/p+1. The highest BCUT2D eigenvalue weighted by Crippen LogP contribution is 2.30. The number of aromatic nitrogens is 2. The molecule has 1 saturated heterocycles. The highest BCUT2D eigenvalue weighted by molar-refractivity contribution is 5.33. The Morgan fingerprint density at radius 2 is 1.48 bits per heavy atom. The average Bonchev–Trinajstić information content (AvgIpc) is 2.76. The molecule has 162 valence electrons. The van der Waals surface area contributed by atoms with Gasteiger partial charge in [-0.15, -0.1) is 0 Å². The largest absolute Gasteiger partial charge is 0.434 e. The predicted molar refractivity (Wildman–Crippen MR) is 115 cm³/mol. The summed E-state index contributed by atoms with van der Waals surface area (Å²) >= 11 is 0. The van der Waals surface area contributed by atoms with E-state index >= 15 is 0 Å². The molecule has 1 aliphatic heterocycles. The Kier molecular flexibility index (Phi) is 6.56. The fourth-order valence-corrected chi connectivity index (χ4v) is 4.82. The van der Waals surface area contributed by atoms with Crippen molar-refractivity contribution in [2.75, 3.05) is 0 Å². The third kappa shape index (κ3) is 4.74. The van der Waals surface area contributed by atoms with Gasteiger partial charge in [-0.1, -0.05) is 24.3 Å². The lowest BCUT2D eigenvalue weighted by atomic mass is 9.88. The topological polar surface area (TPSA) is 39.5 Å². The van der Waals surface area contributed by atoms with Crippen LogP contribution in [0.5, 0.6) is 5.75 Å². The molecule has 0 saturated carbocycles. The first-order valence-electron chi connectivity index (χ1n) is 10.8. The molecule has 0 bridgehead atoms. The Morgan fingerprint density at radius 1 is 0.903 bits per heavy atom. The maximum atomic E-state index is 13.0. The van der Waals surface area contributed by atoms with Gasteiger partial charge in [0.25, 0.3) is 0 Å². The maximum Gasteiger partial charge on any atom is 0.387 e. The molecule has 0 amide bonds. The quantitative estimate of drug-likeness (QED) is 0.621. The van der Waals surface area contributed by atoms with Crippen LogP contribution in [0.2, 0.25) is 0 Å². The lowest BCUT2D eigenvalue weighted by Gasteiger charge is -2.39. The van der Waals surface area contributed by atoms with Gasteiger partial charge in [0.05, 0.1) is 0 Å². The molecule has 4 rings (SSSR count). The highest BCUT2D eigenvalue weighted by atomic mass is 19.3. The van der Waals surface area contributed by atoms with Gasteiger partial charge in [0.2, 0.25) is 0 Å². The minimum Gasteiger partial charge on any atom is -0.434 e. The zero-order valence-electron chi connectivity index (χ0n) is 17.9. The number of benzene rings is 1. The van der Waals surface area contributed by atoms with E-state index in [1.54, 1.807) is 12.1 Å². The lowest BCUT2D eigenvalue weighted by Crippen LogP contribution is -3.12. The van der Waals surface area contributed by atoms with Crippen LogP contribution < -0.4 is 9.64 Å². The summed E-state index contributed by atoms with van der Waals surface area (Å²) in [5.74, 6) is 0.239. The third-order valence-corrected chi connectivity index (χ3v) is 6.22. The molecule has 1 aromatic carbocycles. The Hall–Kier alpha value is -2.86. The average molecular weight is 425 g/mol. The number of para-hydroxylation sites is 1.